The van der Waals surface area contributed by atoms with Gasteiger partial charge in [-0.1, -0.05) is 6.07 Å². The lowest BCUT2D eigenvalue weighted by atomic mass is 9.98. The summed E-state index contributed by atoms with van der Waals surface area (Å²) in [6.45, 7) is 1.04. The van der Waals surface area contributed by atoms with E-state index < -0.39 is 21.8 Å². The van der Waals surface area contributed by atoms with Crippen LogP contribution in [0.4, 0.5) is 15.8 Å². The molecule has 2 saturated heterocycles. The van der Waals surface area contributed by atoms with Gasteiger partial charge in [0.1, 0.15) is 5.82 Å². The summed E-state index contributed by atoms with van der Waals surface area (Å²) in [6, 6.07) is 11.8. The topological polar surface area (TPSA) is 86.8 Å². The summed E-state index contributed by atoms with van der Waals surface area (Å²) in [5, 5.41) is 2.86. The van der Waals surface area contributed by atoms with Gasteiger partial charge in [0.15, 0.2) is 0 Å². The number of carbonyl (C=O) groups is 2. The number of sulfonamides is 1. The summed E-state index contributed by atoms with van der Waals surface area (Å²) in [7, 11) is -3.80. The van der Waals surface area contributed by atoms with E-state index in [-0.39, 0.29) is 23.3 Å². The van der Waals surface area contributed by atoms with Crippen LogP contribution in [0, 0.1) is 11.7 Å². The Morgan fingerprint density at radius 2 is 1.84 bits per heavy atom. The highest BCUT2D eigenvalue weighted by Gasteiger charge is 2.33. The molecule has 9 heteroatoms. The van der Waals surface area contributed by atoms with Gasteiger partial charge in [0.2, 0.25) is 21.8 Å². The van der Waals surface area contributed by atoms with E-state index in [9.17, 15) is 22.4 Å². The van der Waals surface area contributed by atoms with Gasteiger partial charge in [-0.15, -0.1) is 0 Å². The van der Waals surface area contributed by atoms with Crippen LogP contribution in [0.25, 0.3) is 0 Å². The Kier molecular flexibility index (Phi) is 6.06. The fraction of sp³-hybridized carbons (Fsp3) is 0.364. The lowest BCUT2D eigenvalue weighted by Gasteiger charge is -2.31. The van der Waals surface area contributed by atoms with Crippen LogP contribution in [0.1, 0.15) is 25.7 Å². The van der Waals surface area contributed by atoms with Crippen LogP contribution in [0.15, 0.2) is 53.4 Å². The van der Waals surface area contributed by atoms with Crippen LogP contribution < -0.4 is 10.2 Å². The third kappa shape index (κ3) is 4.62. The molecular weight excluding hydrogens is 421 g/mol. The smallest absolute Gasteiger partial charge is 0.243 e. The number of halogens is 1. The third-order valence-corrected chi connectivity index (χ3v) is 7.58. The minimum absolute atomic E-state index is 0.0120. The van der Waals surface area contributed by atoms with Crippen molar-refractivity contribution in [2.75, 3.05) is 29.9 Å². The minimum Gasteiger partial charge on any atom is -0.326 e. The number of amides is 2. The number of benzene rings is 2. The molecule has 2 aromatic carbocycles. The van der Waals surface area contributed by atoms with Gasteiger partial charge in [-0.2, -0.15) is 4.31 Å². The van der Waals surface area contributed by atoms with Crippen LogP contribution in [0.5, 0.6) is 0 Å². The molecule has 0 unspecified atom stereocenters. The first-order valence-corrected chi connectivity index (χ1v) is 11.8. The van der Waals surface area contributed by atoms with Crippen molar-refractivity contribution in [2.24, 2.45) is 5.92 Å². The molecule has 0 radical (unpaired) electrons. The summed E-state index contributed by atoms with van der Waals surface area (Å²) < 4.78 is 40.2. The molecule has 1 atom stereocenters. The lowest BCUT2D eigenvalue weighted by molar-refractivity contribution is -0.121. The average Bonchev–Trinajstić information content (AvgIpc) is 3.20. The second-order valence-corrected chi connectivity index (χ2v) is 9.78. The van der Waals surface area contributed by atoms with Gasteiger partial charge in [0.25, 0.3) is 0 Å². The zero-order chi connectivity index (χ0) is 22.0. The van der Waals surface area contributed by atoms with Crippen molar-refractivity contribution in [1.29, 1.82) is 0 Å². The molecule has 0 saturated carbocycles. The van der Waals surface area contributed by atoms with E-state index in [1.807, 2.05) is 6.07 Å². The van der Waals surface area contributed by atoms with Gasteiger partial charge in [-0.05, 0) is 61.7 Å². The molecular formula is C22H24FN3O4S. The van der Waals surface area contributed by atoms with E-state index in [0.717, 1.165) is 24.2 Å². The Hall–Kier alpha value is -2.78. The van der Waals surface area contributed by atoms with Crippen LogP contribution in [0.2, 0.25) is 0 Å². The van der Waals surface area contributed by atoms with Crippen LogP contribution in [0.3, 0.4) is 0 Å². The van der Waals surface area contributed by atoms with Crippen molar-refractivity contribution in [2.45, 2.75) is 30.6 Å². The zero-order valence-corrected chi connectivity index (χ0v) is 17.8. The first-order valence-electron chi connectivity index (χ1n) is 10.3. The zero-order valence-electron chi connectivity index (χ0n) is 17.0. The second kappa shape index (κ2) is 8.76. The fourth-order valence-corrected chi connectivity index (χ4v) is 5.57. The van der Waals surface area contributed by atoms with Crippen molar-refractivity contribution in [3.8, 4) is 0 Å². The maximum Gasteiger partial charge on any atom is 0.243 e. The molecule has 0 aliphatic carbocycles. The summed E-state index contributed by atoms with van der Waals surface area (Å²) in [5.41, 5.74) is 1.31. The Labute approximate surface area is 180 Å². The molecule has 0 aromatic heterocycles. The number of hydrogen-bond acceptors (Lipinski definition) is 4. The van der Waals surface area contributed by atoms with Crippen molar-refractivity contribution in [1.82, 2.24) is 4.31 Å². The monoisotopic (exact) mass is 445 g/mol. The summed E-state index contributed by atoms with van der Waals surface area (Å²) >= 11 is 0. The van der Waals surface area contributed by atoms with Crippen molar-refractivity contribution >= 4 is 33.2 Å². The molecule has 1 N–H and O–H groups in total. The molecule has 2 heterocycles. The van der Waals surface area contributed by atoms with Gasteiger partial charge in [0.05, 0.1) is 10.8 Å². The number of rotatable bonds is 5. The van der Waals surface area contributed by atoms with E-state index in [4.69, 9.17) is 0 Å². The van der Waals surface area contributed by atoms with Crippen molar-refractivity contribution < 1.29 is 22.4 Å². The number of piperidine rings is 1. The molecule has 2 amide bonds. The molecule has 2 aromatic rings. The summed E-state index contributed by atoms with van der Waals surface area (Å²) in [5.74, 6) is -1.20. The van der Waals surface area contributed by atoms with Crippen LogP contribution >= 0.6 is 0 Å². The molecule has 2 fully saturated rings. The van der Waals surface area contributed by atoms with Crippen molar-refractivity contribution in [3.63, 3.8) is 0 Å². The Balaban J connectivity index is 1.45. The van der Waals surface area contributed by atoms with Gasteiger partial charge < -0.3 is 10.2 Å². The van der Waals surface area contributed by atoms with E-state index in [0.29, 0.717) is 38.0 Å². The first-order chi connectivity index (χ1) is 14.8. The molecule has 2 aliphatic heterocycles. The maximum atomic E-state index is 13.2. The standard InChI is InChI=1S/C22H24FN3O4S/c23-17-8-10-20(11-9-17)31(29,30)25-12-2-4-16(15-25)22(28)24-18-5-1-6-19(14-18)26-13-3-7-21(26)27/h1,5-6,8-11,14,16H,2-4,7,12-13,15H2,(H,24,28)/t16-/m1/s1. The van der Waals surface area contributed by atoms with E-state index in [1.165, 1.54) is 16.4 Å². The predicted octanol–water partition coefficient (Wildman–Crippen LogP) is 2.99. The van der Waals surface area contributed by atoms with Crippen molar-refractivity contribution in [3.05, 3.63) is 54.3 Å². The highest BCUT2D eigenvalue weighted by atomic mass is 32.2. The highest BCUT2D eigenvalue weighted by Crippen LogP contribution is 2.27. The normalized spacial score (nSPS) is 20.1. The first kappa shape index (κ1) is 21.5. The number of hydrogen-bond donors (Lipinski definition) is 1. The highest BCUT2D eigenvalue weighted by molar-refractivity contribution is 7.89. The minimum atomic E-state index is -3.80. The largest absolute Gasteiger partial charge is 0.326 e. The lowest BCUT2D eigenvalue weighted by Crippen LogP contribution is -2.43. The summed E-state index contributed by atoms with van der Waals surface area (Å²) in [4.78, 5) is 26.5. The third-order valence-electron chi connectivity index (χ3n) is 5.71. The number of anilines is 2. The number of nitrogens with zero attached hydrogens (tertiary/aromatic N) is 2. The molecule has 7 nitrogen and oxygen atoms in total. The van der Waals surface area contributed by atoms with Crippen LogP contribution in [-0.4, -0.2) is 44.2 Å². The number of nitrogens with one attached hydrogen (secondary N) is 1. The molecule has 0 bridgehead atoms. The maximum absolute atomic E-state index is 13.2. The van der Waals surface area contributed by atoms with Crippen LogP contribution in [-0.2, 0) is 19.6 Å². The Morgan fingerprint density at radius 3 is 2.55 bits per heavy atom. The molecule has 2 aliphatic rings. The summed E-state index contributed by atoms with van der Waals surface area (Å²) in [6.07, 6.45) is 2.47. The molecule has 31 heavy (non-hydrogen) atoms. The van der Waals surface area contributed by atoms with E-state index in [1.54, 1.807) is 23.1 Å². The second-order valence-electron chi connectivity index (χ2n) is 7.84. The Bertz CT molecular complexity index is 1090. The molecule has 4 rings (SSSR count). The fourth-order valence-electron chi connectivity index (χ4n) is 4.05. The predicted molar refractivity (Wildman–Crippen MR) is 115 cm³/mol. The SMILES string of the molecule is O=C(Nc1cccc(N2CCCC2=O)c1)[C@@H]1CCCN(S(=O)(=O)c2ccc(F)cc2)C1. The Morgan fingerprint density at radius 1 is 1.06 bits per heavy atom. The quantitative estimate of drug-likeness (QED) is 0.767. The van der Waals surface area contributed by atoms with Gasteiger partial charge in [-0.25, -0.2) is 12.8 Å². The van der Waals surface area contributed by atoms with E-state index >= 15 is 0 Å². The molecule has 164 valence electrons. The number of carbonyl (C=O) groups excluding carboxylic acids is 2. The average molecular weight is 446 g/mol. The molecule has 0 spiro atoms. The van der Waals surface area contributed by atoms with E-state index in [2.05, 4.69) is 5.32 Å². The van der Waals surface area contributed by atoms with Gasteiger partial charge in [0, 0.05) is 37.4 Å². The van der Waals surface area contributed by atoms with Gasteiger partial charge in [-0.3, -0.25) is 9.59 Å². The van der Waals surface area contributed by atoms with Gasteiger partial charge >= 0.3 is 0 Å².